The molecular weight excluding hydrogens is 639 g/mol. The van der Waals surface area contributed by atoms with Gasteiger partial charge in [-0.25, -0.2) is 18.2 Å². The molecule has 1 fully saturated rings. The van der Waals surface area contributed by atoms with E-state index in [-0.39, 0.29) is 33.7 Å². The molecule has 4 heterocycles. The van der Waals surface area contributed by atoms with Gasteiger partial charge < -0.3 is 10.1 Å². The highest BCUT2D eigenvalue weighted by Gasteiger charge is 2.55. The molecule has 9 nitrogen and oxygen atoms in total. The minimum Gasteiger partial charge on any atom is -0.448 e. The quantitative estimate of drug-likeness (QED) is 0.194. The molecule has 0 radical (unpaired) electrons. The highest BCUT2D eigenvalue weighted by Crippen LogP contribution is 2.42. The second-order valence-electron chi connectivity index (χ2n) is 10.3. The zero-order valence-electron chi connectivity index (χ0n) is 23.4. The lowest BCUT2D eigenvalue weighted by molar-refractivity contribution is -0.154. The third-order valence-corrected chi connectivity index (χ3v) is 12.5. The zero-order valence-corrected chi connectivity index (χ0v) is 26.7. The number of esters is 1. The first kappa shape index (κ1) is 30.3. The molecule has 4 aromatic rings. The predicted molar refractivity (Wildman–Crippen MR) is 170 cm³/mol. The molecule has 2 aliphatic heterocycles. The third kappa shape index (κ3) is 6.23. The van der Waals surface area contributed by atoms with E-state index in [1.165, 1.54) is 28.0 Å². The van der Waals surface area contributed by atoms with Crippen LogP contribution in [0.3, 0.4) is 0 Å². The fraction of sp³-hybridized carbons (Fsp3) is 0.226. The Bertz CT molecular complexity index is 1780. The van der Waals surface area contributed by atoms with Gasteiger partial charge in [0.15, 0.2) is 6.10 Å². The van der Waals surface area contributed by atoms with Gasteiger partial charge in [0.25, 0.3) is 5.91 Å². The monoisotopic (exact) mass is 665 g/mol. The molecule has 2 atom stereocenters. The Morgan fingerprint density at radius 2 is 1.70 bits per heavy atom. The SMILES string of the molecule is Cc1csc(S(=O)(=O)CC2=C(C(=O)OC(c3ccccc3)c3ccccc3)N3C(=O)[C@@H](NC(=O)Cc4cccs4)[C@H]3SC2)n1. The summed E-state index contributed by atoms with van der Waals surface area (Å²) in [6.07, 6.45) is -0.668. The van der Waals surface area contributed by atoms with Crippen LogP contribution in [-0.2, 0) is 35.4 Å². The van der Waals surface area contributed by atoms with Gasteiger partial charge in [-0.2, -0.15) is 0 Å². The Morgan fingerprint density at radius 1 is 1.02 bits per heavy atom. The molecule has 1 saturated heterocycles. The van der Waals surface area contributed by atoms with Gasteiger partial charge in [-0.3, -0.25) is 14.5 Å². The lowest BCUT2D eigenvalue weighted by Gasteiger charge is -2.49. The normalized spacial score (nSPS) is 18.1. The largest absolute Gasteiger partial charge is 0.448 e. The molecule has 0 bridgehead atoms. The van der Waals surface area contributed by atoms with E-state index in [0.717, 1.165) is 27.3 Å². The first-order valence-electron chi connectivity index (χ1n) is 13.7. The van der Waals surface area contributed by atoms with Crippen molar-refractivity contribution in [3.63, 3.8) is 0 Å². The van der Waals surface area contributed by atoms with Crippen molar-refractivity contribution in [2.24, 2.45) is 0 Å². The Hall–Kier alpha value is -3.78. The number of rotatable bonds is 10. The fourth-order valence-corrected chi connectivity index (χ4v) is 9.80. The number of carbonyl (C=O) groups excluding carboxylic acids is 3. The maximum absolute atomic E-state index is 14.1. The number of ether oxygens (including phenoxy) is 1. The summed E-state index contributed by atoms with van der Waals surface area (Å²) in [6.45, 7) is 1.71. The van der Waals surface area contributed by atoms with E-state index in [4.69, 9.17) is 4.74 Å². The predicted octanol–water partition coefficient (Wildman–Crippen LogP) is 4.52. The number of carbonyl (C=O) groups is 3. The number of thiophene rings is 1. The lowest BCUT2D eigenvalue weighted by atomic mass is 10.0. The maximum atomic E-state index is 14.1. The highest BCUT2D eigenvalue weighted by atomic mass is 32.2. The van der Waals surface area contributed by atoms with Crippen molar-refractivity contribution in [2.75, 3.05) is 11.5 Å². The Kier molecular flexibility index (Phi) is 8.72. The van der Waals surface area contributed by atoms with Crippen LogP contribution in [-0.4, -0.2) is 59.0 Å². The van der Waals surface area contributed by atoms with Crippen molar-refractivity contribution in [2.45, 2.75) is 35.2 Å². The molecule has 1 N–H and O–H groups in total. The van der Waals surface area contributed by atoms with Crippen molar-refractivity contribution in [3.8, 4) is 0 Å². The molecule has 13 heteroatoms. The molecule has 2 aromatic heterocycles. The minimum absolute atomic E-state index is 0.0533. The van der Waals surface area contributed by atoms with Crippen LogP contribution < -0.4 is 5.32 Å². The molecule has 0 unspecified atom stereocenters. The summed E-state index contributed by atoms with van der Waals surface area (Å²) in [4.78, 5) is 46.7. The second-order valence-corrected chi connectivity index (χ2v) is 15.4. The summed E-state index contributed by atoms with van der Waals surface area (Å²) in [6, 6.07) is 21.2. The standard InChI is InChI=1S/C31H27N3O6S4/c1-19-16-43-31(32-19)44(38,39)18-22-17-42-29-25(33-24(35)15-23-13-8-14-41-23)28(36)34(29)26(22)30(37)40-27(20-9-4-2-5-10-20)21-11-6-3-7-12-21/h2-14,16,25,27,29H,15,17-18H2,1H3,(H,33,35)/t25-,29-/m1/s1. The fourth-order valence-electron chi connectivity index (χ4n) is 5.09. The van der Waals surface area contributed by atoms with Gasteiger partial charge in [0.05, 0.1) is 12.2 Å². The molecular formula is C31H27N3O6S4. The number of amides is 2. The van der Waals surface area contributed by atoms with Gasteiger partial charge in [-0.1, -0.05) is 66.7 Å². The van der Waals surface area contributed by atoms with Crippen molar-refractivity contribution >= 4 is 62.1 Å². The van der Waals surface area contributed by atoms with E-state index < -0.39 is 45.0 Å². The van der Waals surface area contributed by atoms with E-state index in [0.29, 0.717) is 5.69 Å². The van der Waals surface area contributed by atoms with E-state index >= 15 is 0 Å². The third-order valence-electron chi connectivity index (χ3n) is 7.13. The average Bonchev–Trinajstić information content (AvgIpc) is 3.71. The van der Waals surface area contributed by atoms with Crippen molar-refractivity contribution < 1.29 is 27.5 Å². The number of aryl methyl sites for hydroxylation is 1. The van der Waals surface area contributed by atoms with Crippen LogP contribution in [0.2, 0.25) is 0 Å². The number of thiazole rings is 1. The van der Waals surface area contributed by atoms with Crippen LogP contribution >= 0.6 is 34.4 Å². The summed E-state index contributed by atoms with van der Waals surface area (Å²) in [5, 5.41) is 5.74. The summed E-state index contributed by atoms with van der Waals surface area (Å²) in [5.74, 6) is -1.96. The number of β-lactam (4-membered cyclic amide) rings is 1. The number of aromatic nitrogens is 1. The summed E-state index contributed by atoms with van der Waals surface area (Å²) >= 11 is 3.76. The molecule has 6 rings (SSSR count). The molecule has 2 amide bonds. The summed E-state index contributed by atoms with van der Waals surface area (Å²) in [7, 11) is -3.91. The van der Waals surface area contributed by atoms with Crippen LogP contribution in [0, 0.1) is 6.92 Å². The minimum atomic E-state index is -3.91. The number of thioether (sulfide) groups is 1. The number of nitrogens with one attached hydrogen (secondary N) is 1. The molecule has 0 aliphatic carbocycles. The van der Waals surface area contributed by atoms with Crippen LogP contribution in [0.25, 0.3) is 0 Å². The highest BCUT2D eigenvalue weighted by molar-refractivity contribution is 8.00. The van der Waals surface area contributed by atoms with Crippen molar-refractivity contribution in [1.82, 2.24) is 15.2 Å². The van der Waals surface area contributed by atoms with E-state index in [1.54, 1.807) is 12.3 Å². The molecule has 226 valence electrons. The van der Waals surface area contributed by atoms with Crippen molar-refractivity contribution in [1.29, 1.82) is 0 Å². The zero-order chi connectivity index (χ0) is 30.8. The number of hydrogen-bond donors (Lipinski definition) is 1. The summed E-state index contributed by atoms with van der Waals surface area (Å²) < 4.78 is 32.8. The topological polar surface area (TPSA) is 123 Å². The first-order chi connectivity index (χ1) is 21.2. The number of nitrogens with zero attached hydrogens (tertiary/aromatic N) is 2. The van der Waals surface area contributed by atoms with Gasteiger partial charge in [0, 0.05) is 21.7 Å². The summed E-state index contributed by atoms with van der Waals surface area (Å²) in [5.41, 5.74) is 2.16. The second kappa shape index (κ2) is 12.7. The van der Waals surface area contributed by atoms with E-state index in [9.17, 15) is 22.8 Å². The lowest BCUT2D eigenvalue weighted by Crippen LogP contribution is -2.70. The molecule has 2 aliphatic rings. The number of benzene rings is 2. The Morgan fingerprint density at radius 3 is 2.30 bits per heavy atom. The van der Waals surface area contributed by atoms with Crippen LogP contribution in [0.15, 0.2) is 99.2 Å². The van der Waals surface area contributed by atoms with Gasteiger partial charge in [0.2, 0.25) is 20.1 Å². The van der Waals surface area contributed by atoms with Crippen LogP contribution in [0.1, 0.15) is 27.8 Å². The number of sulfone groups is 1. The smallest absolute Gasteiger partial charge is 0.356 e. The number of fused-ring (bicyclic) bond motifs is 1. The van der Waals surface area contributed by atoms with Gasteiger partial charge >= 0.3 is 5.97 Å². The number of hydrogen-bond acceptors (Lipinski definition) is 10. The van der Waals surface area contributed by atoms with E-state index in [2.05, 4.69) is 10.3 Å². The maximum Gasteiger partial charge on any atom is 0.356 e. The van der Waals surface area contributed by atoms with Gasteiger partial charge in [0.1, 0.15) is 17.1 Å². The first-order valence-corrected chi connectivity index (χ1v) is 18.1. The van der Waals surface area contributed by atoms with Crippen molar-refractivity contribution in [3.05, 3.63) is 117 Å². The van der Waals surface area contributed by atoms with Crippen LogP contribution in [0.4, 0.5) is 0 Å². The van der Waals surface area contributed by atoms with E-state index in [1.807, 2.05) is 78.2 Å². The Labute approximate surface area is 266 Å². The average molecular weight is 666 g/mol. The molecule has 2 aromatic carbocycles. The molecule has 0 saturated carbocycles. The van der Waals surface area contributed by atoms with Crippen LogP contribution in [0.5, 0.6) is 0 Å². The molecule has 0 spiro atoms. The Balaban J connectivity index is 1.32. The van der Waals surface area contributed by atoms with Gasteiger partial charge in [-0.15, -0.1) is 34.4 Å². The van der Waals surface area contributed by atoms with Gasteiger partial charge in [-0.05, 0) is 35.1 Å². The molecule has 44 heavy (non-hydrogen) atoms.